The summed E-state index contributed by atoms with van der Waals surface area (Å²) >= 11 is 7.80. The molecule has 0 heterocycles. The number of rotatable bonds is 6. The molecule has 0 N–H and O–H groups in total. The lowest BCUT2D eigenvalue weighted by atomic mass is 10.0. The summed E-state index contributed by atoms with van der Waals surface area (Å²) in [4.78, 5) is 5.58. The van der Waals surface area contributed by atoms with Crippen LogP contribution >= 0.6 is 23.4 Å². The van der Waals surface area contributed by atoms with Crippen molar-refractivity contribution in [2.24, 2.45) is 4.99 Å². The van der Waals surface area contributed by atoms with Gasteiger partial charge in [-0.15, -0.1) is 0 Å². The fraction of sp³-hybridized carbons (Fsp3) is 0.0870. The predicted molar refractivity (Wildman–Crippen MR) is 115 cm³/mol. The van der Waals surface area contributed by atoms with Crippen LogP contribution in [0.4, 0.5) is 14.5 Å². The summed E-state index contributed by atoms with van der Waals surface area (Å²) in [7, 11) is 0. The average Bonchev–Trinajstić information content (AvgIpc) is 2.70. The lowest BCUT2D eigenvalue weighted by molar-refractivity contribution is 0.485. The largest absolute Gasteiger partial charge is 0.248 e. The molecule has 28 heavy (non-hydrogen) atoms. The number of aliphatic imine (C=N–C) groups is 1. The van der Waals surface area contributed by atoms with Crippen molar-refractivity contribution in [3.8, 4) is 0 Å². The van der Waals surface area contributed by atoms with Gasteiger partial charge in [-0.3, -0.25) is 0 Å². The van der Waals surface area contributed by atoms with Gasteiger partial charge in [-0.25, -0.2) is 13.8 Å². The van der Waals surface area contributed by atoms with E-state index >= 15 is 0 Å². The predicted octanol–water partition coefficient (Wildman–Crippen LogP) is 7.68. The summed E-state index contributed by atoms with van der Waals surface area (Å²) in [6.07, 6.45) is 1.80. The van der Waals surface area contributed by atoms with E-state index in [0.717, 1.165) is 16.1 Å². The molecular weight excluding hydrogens is 396 g/mol. The molecule has 1 nitrogen and oxygen atoms in total. The molecule has 0 unspecified atom stereocenters. The first-order chi connectivity index (χ1) is 13.6. The van der Waals surface area contributed by atoms with Crippen molar-refractivity contribution in [2.75, 3.05) is 0 Å². The van der Waals surface area contributed by atoms with E-state index in [2.05, 4.69) is 0 Å². The highest BCUT2D eigenvalue weighted by atomic mass is 35.5. The zero-order valence-electron chi connectivity index (χ0n) is 15.2. The molecule has 0 aliphatic heterocycles. The van der Waals surface area contributed by atoms with E-state index in [-0.39, 0.29) is 5.82 Å². The standard InChI is InChI=1S/C23H18ClF2NS/c1-16-5-9-19(10-6-16)27-22(23-17(15-25)3-2-4-21(23)24)13-14-28-20-11-7-18(26)8-12-20/h2-14H,15H2,1H3/b14-13+,27-22-. The number of aryl methyl sites for hydroxylation is 1. The van der Waals surface area contributed by atoms with Gasteiger partial charge in [0.1, 0.15) is 12.5 Å². The Bertz CT molecular complexity index is 996. The minimum atomic E-state index is -0.637. The van der Waals surface area contributed by atoms with Crippen LogP contribution in [0.2, 0.25) is 5.02 Å². The van der Waals surface area contributed by atoms with Crippen molar-refractivity contribution in [1.82, 2.24) is 0 Å². The lowest BCUT2D eigenvalue weighted by Crippen LogP contribution is -2.02. The number of alkyl halides is 1. The quantitative estimate of drug-likeness (QED) is 0.298. The van der Waals surface area contributed by atoms with Gasteiger partial charge in [-0.1, -0.05) is 53.2 Å². The molecule has 0 amide bonds. The molecule has 0 atom stereocenters. The molecule has 0 spiro atoms. The number of hydrogen-bond acceptors (Lipinski definition) is 2. The van der Waals surface area contributed by atoms with Crippen LogP contribution in [0.3, 0.4) is 0 Å². The molecule has 3 aromatic rings. The van der Waals surface area contributed by atoms with Crippen LogP contribution in [0.15, 0.2) is 88.1 Å². The van der Waals surface area contributed by atoms with Gasteiger partial charge in [-0.05, 0) is 66.4 Å². The fourth-order valence-corrected chi connectivity index (χ4v) is 3.53. The summed E-state index contributed by atoms with van der Waals surface area (Å²) in [6, 6.07) is 19.1. The highest BCUT2D eigenvalue weighted by molar-refractivity contribution is 8.02. The number of hydrogen-bond donors (Lipinski definition) is 0. The maximum Gasteiger partial charge on any atom is 0.123 e. The highest BCUT2D eigenvalue weighted by Gasteiger charge is 2.12. The molecule has 0 aliphatic carbocycles. The Kier molecular flexibility index (Phi) is 7.01. The molecule has 0 bridgehead atoms. The van der Waals surface area contributed by atoms with Crippen LogP contribution in [-0.2, 0) is 6.67 Å². The number of allylic oxidation sites excluding steroid dienone is 1. The van der Waals surface area contributed by atoms with Crippen LogP contribution in [0.25, 0.3) is 0 Å². The Morgan fingerprint density at radius 2 is 1.75 bits per heavy atom. The van der Waals surface area contributed by atoms with Crippen LogP contribution < -0.4 is 0 Å². The van der Waals surface area contributed by atoms with E-state index in [0.29, 0.717) is 21.9 Å². The van der Waals surface area contributed by atoms with Gasteiger partial charge in [0.05, 0.1) is 16.4 Å². The smallest absolute Gasteiger partial charge is 0.123 e. The average molecular weight is 414 g/mol. The Morgan fingerprint density at radius 1 is 1.04 bits per heavy atom. The van der Waals surface area contributed by atoms with E-state index < -0.39 is 6.67 Å². The monoisotopic (exact) mass is 413 g/mol. The zero-order valence-corrected chi connectivity index (χ0v) is 16.8. The second kappa shape index (κ2) is 9.67. The van der Waals surface area contributed by atoms with Crippen LogP contribution in [0.5, 0.6) is 0 Å². The van der Waals surface area contributed by atoms with E-state index in [1.165, 1.54) is 23.9 Å². The van der Waals surface area contributed by atoms with Crippen molar-refractivity contribution in [3.05, 3.63) is 106 Å². The summed E-state index contributed by atoms with van der Waals surface area (Å²) in [5.41, 5.74) is 3.50. The maximum atomic E-state index is 13.6. The second-order valence-electron chi connectivity index (χ2n) is 6.11. The van der Waals surface area contributed by atoms with Gasteiger partial charge in [0.2, 0.25) is 0 Å². The Morgan fingerprint density at radius 3 is 2.43 bits per heavy atom. The Balaban J connectivity index is 1.98. The number of thioether (sulfide) groups is 1. The summed E-state index contributed by atoms with van der Waals surface area (Å²) in [6.45, 7) is 1.37. The van der Waals surface area contributed by atoms with Crippen molar-refractivity contribution in [2.45, 2.75) is 18.5 Å². The normalized spacial score (nSPS) is 11.9. The van der Waals surface area contributed by atoms with E-state index in [1.807, 2.05) is 36.6 Å². The number of nitrogens with zero attached hydrogens (tertiary/aromatic N) is 1. The maximum absolute atomic E-state index is 13.6. The molecular formula is C23H18ClF2NS. The molecule has 0 fully saturated rings. The van der Waals surface area contributed by atoms with Gasteiger partial charge in [-0.2, -0.15) is 0 Å². The highest BCUT2D eigenvalue weighted by Crippen LogP contribution is 2.26. The van der Waals surface area contributed by atoms with E-state index in [1.54, 1.807) is 36.4 Å². The van der Waals surface area contributed by atoms with Gasteiger partial charge >= 0.3 is 0 Å². The van der Waals surface area contributed by atoms with Gasteiger partial charge in [0.25, 0.3) is 0 Å². The minimum Gasteiger partial charge on any atom is -0.248 e. The first-order valence-electron chi connectivity index (χ1n) is 8.64. The molecule has 5 heteroatoms. The number of halogens is 3. The SMILES string of the molecule is Cc1ccc(/N=C(/C=C/Sc2ccc(F)cc2)c2c(Cl)cccc2CF)cc1. The topological polar surface area (TPSA) is 12.4 Å². The molecule has 0 saturated heterocycles. The van der Waals surface area contributed by atoms with Crippen LogP contribution in [-0.4, -0.2) is 5.71 Å². The molecule has 3 aromatic carbocycles. The third-order valence-electron chi connectivity index (χ3n) is 4.03. The lowest BCUT2D eigenvalue weighted by Gasteiger charge is -2.10. The summed E-state index contributed by atoms with van der Waals surface area (Å²) in [5.74, 6) is -0.279. The van der Waals surface area contributed by atoms with Gasteiger partial charge < -0.3 is 0 Å². The molecule has 0 radical (unpaired) electrons. The van der Waals surface area contributed by atoms with Crippen LogP contribution in [0, 0.1) is 12.7 Å². The van der Waals surface area contributed by atoms with E-state index in [9.17, 15) is 8.78 Å². The van der Waals surface area contributed by atoms with Gasteiger partial charge in [0.15, 0.2) is 0 Å². The molecule has 0 aliphatic rings. The zero-order chi connectivity index (χ0) is 19.9. The summed E-state index contributed by atoms with van der Waals surface area (Å²) in [5, 5.41) is 2.28. The molecule has 0 aromatic heterocycles. The minimum absolute atomic E-state index is 0.279. The third kappa shape index (κ3) is 5.31. The van der Waals surface area contributed by atoms with Crippen LogP contribution in [0.1, 0.15) is 16.7 Å². The van der Waals surface area contributed by atoms with Crippen molar-refractivity contribution >= 4 is 34.8 Å². The van der Waals surface area contributed by atoms with Crippen molar-refractivity contribution in [1.29, 1.82) is 0 Å². The Labute approximate surface area is 172 Å². The third-order valence-corrected chi connectivity index (χ3v) is 5.16. The molecule has 3 rings (SSSR count). The van der Waals surface area contributed by atoms with Gasteiger partial charge in [0, 0.05) is 10.5 Å². The summed E-state index contributed by atoms with van der Waals surface area (Å²) < 4.78 is 26.6. The fourth-order valence-electron chi connectivity index (χ4n) is 2.59. The molecule has 142 valence electrons. The first kappa shape index (κ1) is 20.3. The number of benzene rings is 3. The van der Waals surface area contributed by atoms with E-state index in [4.69, 9.17) is 16.6 Å². The first-order valence-corrected chi connectivity index (χ1v) is 9.90. The second-order valence-corrected chi connectivity index (χ2v) is 7.50. The molecule has 0 saturated carbocycles. The van der Waals surface area contributed by atoms with Crippen molar-refractivity contribution < 1.29 is 8.78 Å². The van der Waals surface area contributed by atoms with Crippen molar-refractivity contribution in [3.63, 3.8) is 0 Å². The Hall–Kier alpha value is -2.43.